The van der Waals surface area contributed by atoms with Crippen molar-refractivity contribution in [1.82, 2.24) is 9.66 Å². The summed E-state index contributed by atoms with van der Waals surface area (Å²) >= 11 is 0. The van der Waals surface area contributed by atoms with E-state index < -0.39 is 0 Å². The third-order valence-electron chi connectivity index (χ3n) is 7.30. The highest BCUT2D eigenvalue weighted by atomic mass is 16.5. The first-order valence-electron chi connectivity index (χ1n) is 14.5. The summed E-state index contributed by atoms with van der Waals surface area (Å²) in [4.78, 5) is 18.7. The number of methoxy groups -OCH3 is 1. The van der Waals surface area contributed by atoms with Crippen molar-refractivity contribution in [3.05, 3.63) is 117 Å². The first-order valence-corrected chi connectivity index (χ1v) is 14.5. The molecule has 0 unspecified atom stereocenters. The number of para-hydroxylation sites is 1. The van der Waals surface area contributed by atoms with Crippen LogP contribution in [0.1, 0.15) is 54.5 Å². The van der Waals surface area contributed by atoms with Gasteiger partial charge in [-0.1, -0.05) is 55.8 Å². The Morgan fingerprint density at radius 2 is 1.67 bits per heavy atom. The summed E-state index contributed by atoms with van der Waals surface area (Å²) in [6.07, 6.45) is 1.65. The second kappa shape index (κ2) is 12.9. The van der Waals surface area contributed by atoms with E-state index in [1.807, 2.05) is 56.3 Å². The van der Waals surface area contributed by atoms with E-state index in [2.05, 4.69) is 56.2 Å². The molecule has 0 amide bonds. The van der Waals surface area contributed by atoms with E-state index >= 15 is 0 Å². The van der Waals surface area contributed by atoms with Gasteiger partial charge in [0.2, 0.25) is 0 Å². The number of hydrogen-bond donors (Lipinski definition) is 0. The number of rotatable bonds is 10. The third kappa shape index (κ3) is 6.46. The maximum absolute atomic E-state index is 13.8. The zero-order valence-electron chi connectivity index (χ0n) is 25.5. The van der Waals surface area contributed by atoms with Crippen molar-refractivity contribution in [3.8, 4) is 28.6 Å². The van der Waals surface area contributed by atoms with Crippen LogP contribution in [-0.4, -0.2) is 29.6 Å². The van der Waals surface area contributed by atoms with Crippen molar-refractivity contribution in [1.29, 1.82) is 0 Å². The van der Waals surface area contributed by atoms with Gasteiger partial charge in [0.25, 0.3) is 5.56 Å². The van der Waals surface area contributed by atoms with Crippen LogP contribution in [0, 0.1) is 13.8 Å². The van der Waals surface area contributed by atoms with Crippen molar-refractivity contribution in [2.45, 2.75) is 47.1 Å². The molecule has 220 valence electrons. The molecule has 0 bridgehead atoms. The van der Waals surface area contributed by atoms with Crippen LogP contribution < -0.4 is 19.8 Å². The van der Waals surface area contributed by atoms with Crippen molar-refractivity contribution in [2.24, 2.45) is 5.10 Å². The van der Waals surface area contributed by atoms with Gasteiger partial charge in [0.1, 0.15) is 12.4 Å². The second-order valence-electron chi connectivity index (χ2n) is 10.8. The van der Waals surface area contributed by atoms with Gasteiger partial charge >= 0.3 is 0 Å². The standard InChI is InChI=1S/C36H37N3O4/c1-7-42-34-19-27(16-17-32(34)43-22-26-14-12-24(4)13-15-26)21-37-39-35(38-31-11-9-8-10-28(31)36(39)40)30-20-29(23(2)3)33(41-6)18-25(30)5/h8-21,23H,7,22H2,1-6H3. The zero-order valence-corrected chi connectivity index (χ0v) is 25.5. The first kappa shape index (κ1) is 29.6. The number of fused-ring (bicyclic) bond motifs is 1. The maximum Gasteiger partial charge on any atom is 0.282 e. The van der Waals surface area contributed by atoms with Crippen LogP contribution in [0.4, 0.5) is 0 Å². The van der Waals surface area contributed by atoms with Crippen LogP contribution >= 0.6 is 0 Å². The predicted molar refractivity (Wildman–Crippen MR) is 173 cm³/mol. The molecule has 0 saturated carbocycles. The molecule has 0 spiro atoms. The van der Waals surface area contributed by atoms with Gasteiger partial charge in [-0.15, -0.1) is 0 Å². The molecule has 4 aromatic carbocycles. The Bertz CT molecular complexity index is 1840. The SMILES string of the molecule is CCOc1cc(C=Nn2c(-c3cc(C(C)C)c(OC)cc3C)nc3ccccc3c2=O)ccc1OCc1ccc(C)cc1. The Kier molecular flexibility index (Phi) is 8.90. The summed E-state index contributed by atoms with van der Waals surface area (Å²) in [6.45, 7) is 11.1. The summed E-state index contributed by atoms with van der Waals surface area (Å²) < 4.78 is 19.0. The summed E-state index contributed by atoms with van der Waals surface area (Å²) in [7, 11) is 1.67. The van der Waals surface area contributed by atoms with Crippen molar-refractivity contribution in [2.75, 3.05) is 13.7 Å². The van der Waals surface area contributed by atoms with Crippen molar-refractivity contribution in [3.63, 3.8) is 0 Å². The van der Waals surface area contributed by atoms with E-state index in [1.165, 1.54) is 10.2 Å². The Balaban J connectivity index is 1.56. The van der Waals surface area contributed by atoms with Crippen LogP contribution in [0.2, 0.25) is 0 Å². The number of nitrogens with zero attached hydrogens (tertiary/aromatic N) is 3. The van der Waals surface area contributed by atoms with Gasteiger partial charge in [-0.25, -0.2) is 4.98 Å². The molecule has 0 fully saturated rings. The normalized spacial score (nSPS) is 11.4. The Morgan fingerprint density at radius 1 is 0.907 bits per heavy atom. The van der Waals surface area contributed by atoms with E-state index in [9.17, 15) is 4.79 Å². The van der Waals surface area contributed by atoms with Crippen LogP contribution in [0.25, 0.3) is 22.3 Å². The molecule has 43 heavy (non-hydrogen) atoms. The molecule has 7 heteroatoms. The molecule has 0 saturated heterocycles. The number of aryl methyl sites for hydroxylation is 2. The molecule has 0 radical (unpaired) electrons. The van der Waals surface area contributed by atoms with E-state index in [1.54, 1.807) is 19.4 Å². The van der Waals surface area contributed by atoms with Gasteiger partial charge in [-0.05, 0) is 91.4 Å². The minimum atomic E-state index is -0.249. The third-order valence-corrected chi connectivity index (χ3v) is 7.30. The number of benzene rings is 4. The summed E-state index contributed by atoms with van der Waals surface area (Å²) in [5, 5.41) is 5.18. The molecule has 7 nitrogen and oxygen atoms in total. The summed E-state index contributed by atoms with van der Waals surface area (Å²) in [6, 6.07) is 25.2. The highest BCUT2D eigenvalue weighted by Crippen LogP contribution is 2.34. The highest BCUT2D eigenvalue weighted by Gasteiger charge is 2.18. The average Bonchev–Trinajstić information content (AvgIpc) is 3.00. The molecule has 1 aromatic heterocycles. The Hall–Kier alpha value is -4.91. The first-order chi connectivity index (χ1) is 20.8. The molecule has 1 heterocycles. The number of hydrogen-bond acceptors (Lipinski definition) is 6. The lowest BCUT2D eigenvalue weighted by Crippen LogP contribution is -2.20. The molecule has 0 aliphatic heterocycles. The van der Waals surface area contributed by atoms with Crippen LogP contribution in [-0.2, 0) is 6.61 Å². The second-order valence-corrected chi connectivity index (χ2v) is 10.8. The average molecular weight is 576 g/mol. The minimum Gasteiger partial charge on any atom is -0.496 e. The van der Waals surface area contributed by atoms with E-state index in [4.69, 9.17) is 19.2 Å². The molecule has 0 N–H and O–H groups in total. The van der Waals surface area contributed by atoms with Gasteiger partial charge in [0, 0.05) is 5.56 Å². The molecular formula is C36H37N3O4. The zero-order chi connectivity index (χ0) is 30.5. The lowest BCUT2D eigenvalue weighted by molar-refractivity contribution is 0.269. The minimum absolute atomic E-state index is 0.210. The number of ether oxygens (including phenoxy) is 3. The molecular weight excluding hydrogens is 538 g/mol. The molecule has 0 aliphatic rings. The van der Waals surface area contributed by atoms with Gasteiger partial charge in [0.15, 0.2) is 17.3 Å². The summed E-state index contributed by atoms with van der Waals surface area (Å²) in [5.41, 5.74) is 6.18. The fourth-order valence-corrected chi connectivity index (χ4v) is 4.93. The summed E-state index contributed by atoms with van der Waals surface area (Å²) in [5.74, 6) is 2.73. The van der Waals surface area contributed by atoms with Crippen LogP contribution in [0.15, 0.2) is 88.8 Å². The molecule has 5 rings (SSSR count). The lowest BCUT2D eigenvalue weighted by Gasteiger charge is -2.17. The van der Waals surface area contributed by atoms with E-state index in [0.29, 0.717) is 41.4 Å². The lowest BCUT2D eigenvalue weighted by atomic mass is 9.96. The van der Waals surface area contributed by atoms with Crippen molar-refractivity contribution < 1.29 is 14.2 Å². The fourth-order valence-electron chi connectivity index (χ4n) is 4.93. The molecule has 5 aromatic rings. The Labute approximate surface area is 252 Å². The van der Waals surface area contributed by atoms with E-state index in [-0.39, 0.29) is 11.5 Å². The van der Waals surface area contributed by atoms with Gasteiger partial charge < -0.3 is 14.2 Å². The Morgan fingerprint density at radius 3 is 2.40 bits per heavy atom. The number of aromatic nitrogens is 2. The molecule has 0 atom stereocenters. The highest BCUT2D eigenvalue weighted by molar-refractivity contribution is 5.83. The van der Waals surface area contributed by atoms with Gasteiger partial charge in [-0.3, -0.25) is 4.79 Å². The smallest absolute Gasteiger partial charge is 0.282 e. The monoisotopic (exact) mass is 575 g/mol. The predicted octanol–water partition coefficient (Wildman–Crippen LogP) is 7.67. The largest absolute Gasteiger partial charge is 0.496 e. The maximum atomic E-state index is 13.8. The van der Waals surface area contributed by atoms with Crippen LogP contribution in [0.5, 0.6) is 17.2 Å². The topological polar surface area (TPSA) is 74.9 Å². The van der Waals surface area contributed by atoms with Crippen LogP contribution in [0.3, 0.4) is 0 Å². The fraction of sp³-hybridized carbons (Fsp3) is 0.250. The quantitative estimate of drug-likeness (QED) is 0.160. The van der Waals surface area contributed by atoms with Gasteiger partial charge in [0.05, 0.1) is 30.8 Å². The van der Waals surface area contributed by atoms with Crippen molar-refractivity contribution >= 4 is 17.1 Å². The van der Waals surface area contributed by atoms with E-state index in [0.717, 1.165) is 33.6 Å². The molecule has 0 aliphatic carbocycles. The van der Waals surface area contributed by atoms with Gasteiger partial charge in [-0.2, -0.15) is 9.78 Å².